The topological polar surface area (TPSA) is 75.2 Å². The van der Waals surface area contributed by atoms with Crippen molar-refractivity contribution < 1.29 is 9.59 Å². The maximum absolute atomic E-state index is 12.3. The molecule has 28 heavy (non-hydrogen) atoms. The van der Waals surface area contributed by atoms with Crippen LogP contribution in [-0.2, 0) is 22.4 Å². The molecule has 1 saturated heterocycles. The van der Waals surface area contributed by atoms with Gasteiger partial charge >= 0.3 is 0 Å². The Hall–Kier alpha value is -2.29. The monoisotopic (exact) mass is 432 g/mol. The molecule has 0 radical (unpaired) electrons. The first-order chi connectivity index (χ1) is 13.6. The Kier molecular flexibility index (Phi) is 5.70. The Morgan fingerprint density at radius 2 is 2.18 bits per heavy atom. The fourth-order valence-corrected chi connectivity index (χ4v) is 4.88. The molecule has 1 aromatic carbocycles. The molecule has 0 spiro atoms. The van der Waals surface area contributed by atoms with Gasteiger partial charge in [-0.2, -0.15) is 0 Å². The number of nitrogens with zero attached hydrogens (tertiary/aromatic N) is 3. The van der Waals surface area contributed by atoms with Crippen LogP contribution in [0.3, 0.4) is 0 Å². The summed E-state index contributed by atoms with van der Waals surface area (Å²) in [6.45, 7) is 0.700. The molecule has 2 amide bonds. The van der Waals surface area contributed by atoms with E-state index in [9.17, 15) is 9.59 Å². The summed E-state index contributed by atoms with van der Waals surface area (Å²) in [5.41, 5.74) is 1.68. The van der Waals surface area contributed by atoms with Crippen molar-refractivity contribution in [1.29, 1.82) is 0 Å². The lowest BCUT2D eigenvalue weighted by Gasteiger charge is -2.10. The van der Waals surface area contributed by atoms with Gasteiger partial charge in [0.2, 0.25) is 11.8 Å². The highest BCUT2D eigenvalue weighted by Gasteiger charge is 2.24. The lowest BCUT2D eigenvalue weighted by Crippen LogP contribution is -2.23. The second kappa shape index (κ2) is 8.38. The predicted molar refractivity (Wildman–Crippen MR) is 112 cm³/mol. The van der Waals surface area contributed by atoms with Crippen LogP contribution in [0, 0.1) is 0 Å². The standard InChI is InChI=1S/C19H17ClN4O2S2/c20-15-5-2-1-4-12(15)8-14-10-21-18(28-14)23-16(25)9-13-11-27-19(22-13)24-7-3-6-17(24)26/h1-2,4-5,10-11H,3,6-9H2,(H,21,23,25). The minimum Gasteiger partial charge on any atom is -0.302 e. The van der Waals surface area contributed by atoms with Gasteiger partial charge in [-0.3, -0.25) is 14.5 Å². The number of carbonyl (C=O) groups is 2. The van der Waals surface area contributed by atoms with Crippen LogP contribution in [0.1, 0.15) is 29.0 Å². The number of thiazole rings is 2. The van der Waals surface area contributed by atoms with Crippen LogP contribution >= 0.6 is 34.3 Å². The number of halogens is 1. The Labute approximate surface area is 175 Å². The van der Waals surface area contributed by atoms with Crippen LogP contribution in [0.4, 0.5) is 10.3 Å². The van der Waals surface area contributed by atoms with Crippen LogP contribution in [0.25, 0.3) is 0 Å². The smallest absolute Gasteiger partial charge is 0.232 e. The van der Waals surface area contributed by atoms with Gasteiger partial charge < -0.3 is 5.32 Å². The van der Waals surface area contributed by atoms with E-state index in [0.29, 0.717) is 35.3 Å². The van der Waals surface area contributed by atoms with Crippen molar-refractivity contribution >= 4 is 56.4 Å². The molecule has 0 bridgehead atoms. The summed E-state index contributed by atoms with van der Waals surface area (Å²) in [5.74, 6) is -0.0811. The van der Waals surface area contributed by atoms with Gasteiger partial charge in [-0.25, -0.2) is 9.97 Å². The van der Waals surface area contributed by atoms with E-state index in [2.05, 4.69) is 15.3 Å². The Bertz CT molecular complexity index is 1020. The molecule has 144 valence electrons. The summed E-state index contributed by atoms with van der Waals surface area (Å²) in [6.07, 6.45) is 4.00. The molecule has 0 atom stereocenters. The van der Waals surface area contributed by atoms with Gasteiger partial charge in [-0.1, -0.05) is 29.8 Å². The first-order valence-electron chi connectivity index (χ1n) is 8.81. The number of anilines is 2. The van der Waals surface area contributed by atoms with E-state index < -0.39 is 0 Å². The van der Waals surface area contributed by atoms with Crippen molar-refractivity contribution in [2.24, 2.45) is 0 Å². The summed E-state index contributed by atoms with van der Waals surface area (Å²) in [4.78, 5) is 35.5. The number of hydrogen-bond acceptors (Lipinski definition) is 6. The molecule has 3 heterocycles. The maximum atomic E-state index is 12.3. The van der Waals surface area contributed by atoms with Crippen molar-refractivity contribution in [3.8, 4) is 0 Å². The van der Waals surface area contributed by atoms with Crippen molar-refractivity contribution in [2.45, 2.75) is 25.7 Å². The number of carbonyl (C=O) groups excluding carboxylic acids is 2. The van der Waals surface area contributed by atoms with Gasteiger partial charge in [0.25, 0.3) is 0 Å². The van der Waals surface area contributed by atoms with Crippen molar-refractivity contribution in [3.63, 3.8) is 0 Å². The first-order valence-corrected chi connectivity index (χ1v) is 10.9. The lowest BCUT2D eigenvalue weighted by atomic mass is 10.1. The second-order valence-corrected chi connectivity index (χ2v) is 8.75. The lowest BCUT2D eigenvalue weighted by molar-refractivity contribution is -0.117. The summed E-state index contributed by atoms with van der Waals surface area (Å²) < 4.78 is 0. The highest BCUT2D eigenvalue weighted by Crippen LogP contribution is 2.27. The molecule has 1 fully saturated rings. The molecule has 0 saturated carbocycles. The van der Waals surface area contributed by atoms with Gasteiger partial charge in [-0.05, 0) is 18.1 Å². The van der Waals surface area contributed by atoms with E-state index in [0.717, 1.165) is 21.9 Å². The zero-order valence-electron chi connectivity index (χ0n) is 14.9. The van der Waals surface area contributed by atoms with Crippen LogP contribution in [0.15, 0.2) is 35.8 Å². The van der Waals surface area contributed by atoms with Crippen LogP contribution in [0.5, 0.6) is 0 Å². The van der Waals surface area contributed by atoms with Crippen molar-refractivity contribution in [3.05, 3.63) is 57.0 Å². The summed E-state index contributed by atoms with van der Waals surface area (Å²) in [6, 6.07) is 7.68. The second-order valence-electron chi connectivity index (χ2n) is 6.40. The molecule has 6 nitrogen and oxygen atoms in total. The normalized spacial score (nSPS) is 13.9. The number of nitrogens with one attached hydrogen (secondary N) is 1. The highest BCUT2D eigenvalue weighted by atomic mass is 35.5. The van der Waals surface area contributed by atoms with Gasteiger partial charge in [0.15, 0.2) is 10.3 Å². The fourth-order valence-electron chi connectivity index (χ4n) is 2.96. The third-order valence-corrected chi connectivity index (χ3v) is 6.50. The van der Waals surface area contributed by atoms with Gasteiger partial charge in [0.05, 0.1) is 12.1 Å². The van der Waals surface area contributed by atoms with E-state index in [-0.39, 0.29) is 18.2 Å². The van der Waals surface area contributed by atoms with E-state index >= 15 is 0 Å². The number of hydrogen-bond donors (Lipinski definition) is 1. The predicted octanol–water partition coefficient (Wildman–Crippen LogP) is 4.15. The molecular weight excluding hydrogens is 416 g/mol. The molecule has 0 unspecified atom stereocenters. The van der Waals surface area contributed by atoms with Crippen LogP contribution < -0.4 is 10.2 Å². The minimum absolute atomic E-state index is 0.0965. The van der Waals surface area contributed by atoms with Crippen LogP contribution in [0.2, 0.25) is 5.02 Å². The summed E-state index contributed by atoms with van der Waals surface area (Å²) >= 11 is 9.02. The summed E-state index contributed by atoms with van der Waals surface area (Å²) in [5, 5.41) is 6.58. The molecular formula is C19H17ClN4O2S2. The Balaban J connectivity index is 1.34. The van der Waals surface area contributed by atoms with Crippen molar-refractivity contribution in [2.75, 3.05) is 16.8 Å². The molecule has 9 heteroatoms. The van der Waals surface area contributed by atoms with Gasteiger partial charge in [0.1, 0.15) is 0 Å². The van der Waals surface area contributed by atoms with E-state index in [1.165, 1.54) is 22.7 Å². The number of rotatable bonds is 6. The number of benzene rings is 1. The Morgan fingerprint density at radius 1 is 1.32 bits per heavy atom. The minimum atomic E-state index is -0.178. The van der Waals surface area contributed by atoms with Gasteiger partial charge in [0, 0.05) is 40.9 Å². The quantitative estimate of drug-likeness (QED) is 0.634. The fraction of sp³-hybridized carbons (Fsp3) is 0.263. The number of aromatic nitrogens is 2. The number of amides is 2. The van der Waals surface area contributed by atoms with Crippen LogP contribution in [-0.4, -0.2) is 28.3 Å². The largest absolute Gasteiger partial charge is 0.302 e. The van der Waals surface area contributed by atoms with E-state index in [4.69, 9.17) is 11.6 Å². The first kappa shape index (κ1) is 19.0. The molecule has 0 aliphatic carbocycles. The molecule has 1 aliphatic heterocycles. The van der Waals surface area contributed by atoms with Crippen molar-refractivity contribution in [1.82, 2.24) is 9.97 Å². The molecule has 4 rings (SSSR count). The zero-order chi connectivity index (χ0) is 19.5. The molecule has 3 aromatic rings. The Morgan fingerprint density at radius 3 is 2.96 bits per heavy atom. The van der Waals surface area contributed by atoms with Gasteiger partial charge in [-0.15, -0.1) is 22.7 Å². The average molecular weight is 433 g/mol. The highest BCUT2D eigenvalue weighted by molar-refractivity contribution is 7.15. The third-order valence-electron chi connectivity index (χ3n) is 4.31. The van der Waals surface area contributed by atoms with E-state index in [1.54, 1.807) is 11.1 Å². The molecule has 1 aliphatic rings. The average Bonchev–Trinajstić information content (AvgIpc) is 3.39. The SMILES string of the molecule is O=C(Cc1csc(N2CCCC2=O)n1)Nc1ncc(Cc2ccccc2Cl)s1. The zero-order valence-corrected chi connectivity index (χ0v) is 17.2. The maximum Gasteiger partial charge on any atom is 0.232 e. The summed E-state index contributed by atoms with van der Waals surface area (Å²) in [7, 11) is 0. The van der Waals surface area contributed by atoms with E-state index in [1.807, 2.05) is 29.6 Å². The molecule has 1 N–H and O–H groups in total. The molecule has 2 aromatic heterocycles. The third kappa shape index (κ3) is 4.40.